The first kappa shape index (κ1) is 79.3. The fourth-order valence-corrected chi connectivity index (χ4v) is 11.9. The van der Waals surface area contributed by atoms with Crippen molar-refractivity contribution in [1.29, 1.82) is 0 Å². The molecule has 0 aliphatic rings. The summed E-state index contributed by atoms with van der Waals surface area (Å²) in [4.78, 5) is 24.6. The molecule has 2 unspecified atom stereocenters. The molecule has 0 aromatic rings. The number of amides is 1. The molecular formula is C75H145NO5. The smallest absolute Gasteiger partial charge is 0.305 e. The molecular weight excluding hydrogens is 995 g/mol. The van der Waals surface area contributed by atoms with Crippen LogP contribution in [0.4, 0.5) is 0 Å². The molecule has 6 nitrogen and oxygen atoms in total. The fourth-order valence-electron chi connectivity index (χ4n) is 11.9. The molecule has 0 spiro atoms. The molecule has 2 atom stereocenters. The molecule has 0 aromatic carbocycles. The third-order valence-electron chi connectivity index (χ3n) is 17.5. The van der Waals surface area contributed by atoms with Gasteiger partial charge in [0.05, 0.1) is 25.4 Å². The van der Waals surface area contributed by atoms with Crippen molar-refractivity contribution in [2.45, 2.75) is 431 Å². The lowest BCUT2D eigenvalue weighted by Crippen LogP contribution is -2.45. The number of hydrogen-bond donors (Lipinski definition) is 3. The summed E-state index contributed by atoms with van der Waals surface area (Å²) >= 11 is 0. The average Bonchev–Trinajstić information content (AvgIpc) is 3.47. The molecule has 0 saturated carbocycles. The summed E-state index contributed by atoms with van der Waals surface area (Å²) in [5.41, 5.74) is 0. The Morgan fingerprint density at radius 2 is 0.617 bits per heavy atom. The summed E-state index contributed by atoms with van der Waals surface area (Å²) in [5.74, 6) is -0.0166. The van der Waals surface area contributed by atoms with E-state index in [1.165, 1.54) is 340 Å². The number of carbonyl (C=O) groups excluding carboxylic acids is 2. The number of nitrogens with one attached hydrogen (secondary N) is 1. The Labute approximate surface area is 507 Å². The van der Waals surface area contributed by atoms with Gasteiger partial charge in [0.25, 0.3) is 0 Å². The highest BCUT2D eigenvalue weighted by molar-refractivity contribution is 5.76. The van der Waals surface area contributed by atoms with Crippen molar-refractivity contribution in [3.05, 3.63) is 24.3 Å². The van der Waals surface area contributed by atoms with Gasteiger partial charge in [-0.3, -0.25) is 9.59 Å². The van der Waals surface area contributed by atoms with Gasteiger partial charge in [-0.15, -0.1) is 0 Å². The number of aliphatic hydroxyl groups is 2. The SMILES string of the molecule is CCCCCCCCCCCCCCCCCCCCCCCCC(O)C(CO)NC(=O)CCCCCCCCCCCCCCC/C=C\C/C=C\CCCCCCCCCCCOC(=O)CCCCCCCCCCCCCCC. The van der Waals surface area contributed by atoms with Gasteiger partial charge < -0.3 is 20.3 Å². The molecule has 81 heavy (non-hydrogen) atoms. The molecule has 0 radical (unpaired) electrons. The number of unbranched alkanes of at least 4 members (excludes halogenated alkanes) is 55. The zero-order valence-corrected chi connectivity index (χ0v) is 55.0. The lowest BCUT2D eigenvalue weighted by atomic mass is 10.0. The predicted octanol–water partition coefficient (Wildman–Crippen LogP) is 24.1. The molecule has 6 heteroatoms. The lowest BCUT2D eigenvalue weighted by Gasteiger charge is -2.22. The third kappa shape index (κ3) is 67.3. The number of allylic oxidation sites excluding steroid dienone is 4. The van der Waals surface area contributed by atoms with E-state index < -0.39 is 12.1 Å². The van der Waals surface area contributed by atoms with Crippen LogP contribution in [-0.2, 0) is 14.3 Å². The molecule has 0 aliphatic carbocycles. The van der Waals surface area contributed by atoms with Crippen LogP contribution in [0.25, 0.3) is 0 Å². The van der Waals surface area contributed by atoms with E-state index in [1.807, 2.05) is 0 Å². The fraction of sp³-hybridized carbons (Fsp3) is 0.920. The van der Waals surface area contributed by atoms with Gasteiger partial charge in [-0.25, -0.2) is 0 Å². The van der Waals surface area contributed by atoms with E-state index in [1.54, 1.807) is 0 Å². The Kier molecular flexibility index (Phi) is 69.4. The average molecular weight is 1140 g/mol. The Morgan fingerprint density at radius 1 is 0.346 bits per heavy atom. The number of hydrogen-bond acceptors (Lipinski definition) is 5. The first-order valence-corrected chi connectivity index (χ1v) is 37.1. The van der Waals surface area contributed by atoms with Crippen LogP contribution in [0, 0.1) is 0 Å². The van der Waals surface area contributed by atoms with E-state index in [2.05, 4.69) is 43.5 Å². The summed E-state index contributed by atoms with van der Waals surface area (Å²) in [7, 11) is 0. The Balaban J connectivity index is 3.40. The molecule has 0 bridgehead atoms. The largest absolute Gasteiger partial charge is 0.466 e. The van der Waals surface area contributed by atoms with Crippen molar-refractivity contribution in [3.63, 3.8) is 0 Å². The van der Waals surface area contributed by atoms with E-state index in [4.69, 9.17) is 4.74 Å². The molecule has 0 aromatic heterocycles. The predicted molar refractivity (Wildman–Crippen MR) is 356 cm³/mol. The van der Waals surface area contributed by atoms with Crippen LogP contribution in [0.5, 0.6) is 0 Å². The van der Waals surface area contributed by atoms with E-state index >= 15 is 0 Å². The molecule has 480 valence electrons. The maximum Gasteiger partial charge on any atom is 0.305 e. The first-order valence-electron chi connectivity index (χ1n) is 37.1. The highest BCUT2D eigenvalue weighted by Crippen LogP contribution is 2.19. The van der Waals surface area contributed by atoms with Crippen LogP contribution >= 0.6 is 0 Å². The van der Waals surface area contributed by atoms with Crippen molar-refractivity contribution >= 4 is 11.9 Å². The molecule has 3 N–H and O–H groups in total. The monoisotopic (exact) mass is 1140 g/mol. The standard InChI is InChI=1S/C75H145NO5/c1-3-5-7-9-11-13-15-17-18-19-20-21-31-34-37-40-44-47-51-55-59-63-67-73(78)72(71-77)76-74(79)68-64-60-56-52-48-45-41-38-35-32-29-27-25-23-22-24-26-28-30-33-36-39-42-46-50-54-58-62-66-70-81-75(80)69-65-61-57-53-49-43-16-14-12-10-8-6-4-2/h22,24,28,30,72-73,77-78H,3-21,23,25-27,29,31-71H2,1-2H3,(H,76,79)/b24-22-,30-28-. The minimum atomic E-state index is -0.666. The normalized spacial score (nSPS) is 12.6. The summed E-state index contributed by atoms with van der Waals surface area (Å²) in [6, 6.07) is -0.543. The van der Waals surface area contributed by atoms with Gasteiger partial charge in [-0.05, 0) is 57.8 Å². The van der Waals surface area contributed by atoms with Gasteiger partial charge in [0.1, 0.15) is 0 Å². The second-order valence-electron chi connectivity index (χ2n) is 25.6. The Hall–Kier alpha value is -1.66. The second kappa shape index (κ2) is 70.8. The van der Waals surface area contributed by atoms with Crippen LogP contribution in [-0.4, -0.2) is 47.4 Å². The summed E-state index contributed by atoms with van der Waals surface area (Å²) < 4.78 is 5.48. The van der Waals surface area contributed by atoms with Gasteiger partial charge in [-0.1, -0.05) is 372 Å². The van der Waals surface area contributed by atoms with Gasteiger partial charge >= 0.3 is 5.97 Å². The quantitative estimate of drug-likeness (QED) is 0.0320. The van der Waals surface area contributed by atoms with Crippen LogP contribution in [0.1, 0.15) is 418 Å². The van der Waals surface area contributed by atoms with Crippen LogP contribution < -0.4 is 5.32 Å². The zero-order valence-electron chi connectivity index (χ0n) is 55.0. The van der Waals surface area contributed by atoms with Gasteiger partial charge in [0, 0.05) is 12.8 Å². The van der Waals surface area contributed by atoms with Gasteiger partial charge in [0.15, 0.2) is 0 Å². The van der Waals surface area contributed by atoms with Crippen molar-refractivity contribution in [1.82, 2.24) is 5.32 Å². The van der Waals surface area contributed by atoms with Crippen LogP contribution in [0.3, 0.4) is 0 Å². The van der Waals surface area contributed by atoms with E-state index in [0.717, 1.165) is 44.9 Å². The third-order valence-corrected chi connectivity index (χ3v) is 17.5. The molecule has 0 fully saturated rings. The lowest BCUT2D eigenvalue weighted by molar-refractivity contribution is -0.143. The molecule has 0 heterocycles. The van der Waals surface area contributed by atoms with Crippen molar-refractivity contribution in [2.24, 2.45) is 0 Å². The Bertz CT molecular complexity index is 1270. The topological polar surface area (TPSA) is 95.9 Å². The Morgan fingerprint density at radius 3 is 0.938 bits per heavy atom. The summed E-state index contributed by atoms with van der Waals surface area (Å²) in [5, 5.41) is 23.4. The van der Waals surface area contributed by atoms with E-state index in [0.29, 0.717) is 25.9 Å². The maximum absolute atomic E-state index is 12.6. The minimum Gasteiger partial charge on any atom is -0.466 e. The maximum atomic E-state index is 12.6. The van der Waals surface area contributed by atoms with E-state index in [9.17, 15) is 19.8 Å². The number of carbonyl (C=O) groups is 2. The molecule has 1 amide bonds. The molecule has 0 rings (SSSR count). The van der Waals surface area contributed by atoms with Crippen LogP contribution in [0.2, 0.25) is 0 Å². The van der Waals surface area contributed by atoms with Crippen LogP contribution in [0.15, 0.2) is 24.3 Å². The number of rotatable bonds is 70. The number of esters is 1. The number of aliphatic hydroxyl groups excluding tert-OH is 2. The van der Waals surface area contributed by atoms with Crippen molar-refractivity contribution in [2.75, 3.05) is 13.2 Å². The number of ether oxygens (including phenoxy) is 1. The van der Waals surface area contributed by atoms with E-state index in [-0.39, 0.29) is 18.5 Å². The first-order chi connectivity index (χ1) is 40.0. The summed E-state index contributed by atoms with van der Waals surface area (Å²) in [6.45, 7) is 4.99. The minimum absolute atomic E-state index is 0.0144. The zero-order chi connectivity index (χ0) is 58.5. The molecule has 0 aliphatic heterocycles. The van der Waals surface area contributed by atoms with Crippen molar-refractivity contribution < 1.29 is 24.5 Å². The van der Waals surface area contributed by atoms with Crippen molar-refractivity contribution in [3.8, 4) is 0 Å². The highest BCUT2D eigenvalue weighted by Gasteiger charge is 2.20. The van der Waals surface area contributed by atoms with Gasteiger partial charge in [0.2, 0.25) is 5.91 Å². The highest BCUT2D eigenvalue weighted by atomic mass is 16.5. The van der Waals surface area contributed by atoms with Gasteiger partial charge in [-0.2, -0.15) is 0 Å². The second-order valence-corrected chi connectivity index (χ2v) is 25.6. The summed E-state index contributed by atoms with van der Waals surface area (Å²) in [6.07, 6.45) is 89.5. The molecule has 0 saturated heterocycles.